The summed E-state index contributed by atoms with van der Waals surface area (Å²) in [6.45, 7) is 1.51. The average molecular weight is 188 g/mol. The summed E-state index contributed by atoms with van der Waals surface area (Å²) in [6.07, 6.45) is 0. The molecule has 0 aliphatic carbocycles. The Hall–Kier alpha value is -0.740. The standard InChI is InChI=1S/C8H9FO2S/c1-6(12(10)11)7-4-2-3-5-8(7)9/h2-6H,1H3,(H,10,11). The third kappa shape index (κ3) is 1.89. The lowest BCUT2D eigenvalue weighted by molar-refractivity contribution is 0.546. The second kappa shape index (κ2) is 3.78. The molecule has 0 aliphatic heterocycles. The molecular formula is C8H9FO2S. The Bertz CT molecular complexity index is 301. The van der Waals surface area contributed by atoms with Crippen molar-refractivity contribution < 1.29 is 13.2 Å². The van der Waals surface area contributed by atoms with Crippen LogP contribution in [0, 0.1) is 5.82 Å². The zero-order valence-corrected chi connectivity index (χ0v) is 7.34. The normalized spacial score (nSPS) is 15.6. The fraction of sp³-hybridized carbons (Fsp3) is 0.250. The molecule has 66 valence electrons. The van der Waals surface area contributed by atoms with E-state index >= 15 is 0 Å². The summed E-state index contributed by atoms with van der Waals surface area (Å²) in [7, 11) is 0. The molecule has 2 atom stereocenters. The molecule has 0 heterocycles. The first-order valence-corrected chi connectivity index (χ1v) is 4.64. The van der Waals surface area contributed by atoms with Crippen molar-refractivity contribution in [3.05, 3.63) is 35.6 Å². The van der Waals surface area contributed by atoms with E-state index in [1.807, 2.05) is 0 Å². The van der Waals surface area contributed by atoms with Crippen LogP contribution in [0.2, 0.25) is 0 Å². The predicted octanol–water partition coefficient (Wildman–Crippen LogP) is 2.11. The van der Waals surface area contributed by atoms with Gasteiger partial charge in [-0.15, -0.1) is 0 Å². The van der Waals surface area contributed by atoms with Gasteiger partial charge in [-0.2, -0.15) is 0 Å². The lowest BCUT2D eigenvalue weighted by atomic mass is 10.1. The van der Waals surface area contributed by atoms with E-state index in [0.717, 1.165) is 0 Å². The van der Waals surface area contributed by atoms with Gasteiger partial charge in [-0.25, -0.2) is 8.60 Å². The number of hydrogen-bond acceptors (Lipinski definition) is 1. The van der Waals surface area contributed by atoms with E-state index in [1.165, 1.54) is 19.1 Å². The van der Waals surface area contributed by atoms with Gasteiger partial charge in [0.2, 0.25) is 0 Å². The topological polar surface area (TPSA) is 37.3 Å². The van der Waals surface area contributed by atoms with Crippen molar-refractivity contribution in [3.8, 4) is 0 Å². The minimum absolute atomic E-state index is 0.276. The molecule has 4 heteroatoms. The first kappa shape index (κ1) is 9.35. The van der Waals surface area contributed by atoms with E-state index in [-0.39, 0.29) is 5.56 Å². The lowest BCUT2D eigenvalue weighted by Crippen LogP contribution is -2.02. The van der Waals surface area contributed by atoms with Crippen molar-refractivity contribution in [1.29, 1.82) is 0 Å². The van der Waals surface area contributed by atoms with Gasteiger partial charge in [0.25, 0.3) is 0 Å². The fourth-order valence-electron chi connectivity index (χ4n) is 0.913. The van der Waals surface area contributed by atoms with E-state index < -0.39 is 22.1 Å². The maximum atomic E-state index is 13.0. The van der Waals surface area contributed by atoms with Gasteiger partial charge >= 0.3 is 0 Å². The van der Waals surface area contributed by atoms with E-state index in [4.69, 9.17) is 4.55 Å². The molecule has 0 bridgehead atoms. The molecule has 0 spiro atoms. The first-order valence-electron chi connectivity index (χ1n) is 3.47. The van der Waals surface area contributed by atoms with Crippen LogP contribution in [0.25, 0.3) is 0 Å². The smallest absolute Gasteiger partial charge is 0.160 e. The van der Waals surface area contributed by atoms with E-state index in [2.05, 4.69) is 0 Å². The Labute approximate surface area is 72.7 Å². The summed E-state index contributed by atoms with van der Waals surface area (Å²) in [6, 6.07) is 5.97. The molecule has 1 rings (SSSR count). The highest BCUT2D eigenvalue weighted by Crippen LogP contribution is 2.20. The molecule has 0 fully saturated rings. The minimum Gasteiger partial charge on any atom is -0.306 e. The van der Waals surface area contributed by atoms with Crippen LogP contribution in [0.4, 0.5) is 4.39 Å². The van der Waals surface area contributed by atoms with Crippen molar-refractivity contribution in [2.45, 2.75) is 12.2 Å². The van der Waals surface area contributed by atoms with Crippen LogP contribution in [-0.2, 0) is 11.1 Å². The number of rotatable bonds is 2. The average Bonchev–Trinajstić information content (AvgIpc) is 2.04. The molecule has 0 saturated heterocycles. The first-order chi connectivity index (χ1) is 5.63. The van der Waals surface area contributed by atoms with E-state index in [0.29, 0.717) is 0 Å². The fourth-order valence-corrected chi connectivity index (χ4v) is 1.32. The molecule has 0 saturated carbocycles. The summed E-state index contributed by atoms with van der Waals surface area (Å²) in [5.41, 5.74) is 0.276. The highest BCUT2D eigenvalue weighted by atomic mass is 32.2. The Morgan fingerprint density at radius 1 is 1.50 bits per heavy atom. The monoisotopic (exact) mass is 188 g/mol. The Morgan fingerprint density at radius 2 is 2.08 bits per heavy atom. The van der Waals surface area contributed by atoms with Crippen molar-refractivity contribution in [2.75, 3.05) is 0 Å². The molecule has 0 radical (unpaired) electrons. The van der Waals surface area contributed by atoms with Crippen LogP contribution < -0.4 is 0 Å². The van der Waals surface area contributed by atoms with Gasteiger partial charge in [-0.05, 0) is 13.0 Å². The van der Waals surface area contributed by atoms with Gasteiger partial charge in [-0.1, -0.05) is 18.2 Å². The molecule has 2 unspecified atom stereocenters. The summed E-state index contributed by atoms with van der Waals surface area (Å²) >= 11 is -2.01. The van der Waals surface area contributed by atoms with Crippen LogP contribution in [-0.4, -0.2) is 8.76 Å². The van der Waals surface area contributed by atoms with Gasteiger partial charge < -0.3 is 4.55 Å². The third-order valence-electron chi connectivity index (χ3n) is 1.65. The molecule has 1 aromatic rings. The highest BCUT2D eigenvalue weighted by Gasteiger charge is 2.14. The van der Waals surface area contributed by atoms with Gasteiger partial charge in [0.1, 0.15) is 5.82 Å². The zero-order chi connectivity index (χ0) is 9.14. The Kier molecular flexibility index (Phi) is 2.94. The quantitative estimate of drug-likeness (QED) is 0.722. The summed E-state index contributed by atoms with van der Waals surface area (Å²) in [5, 5.41) is -0.675. The van der Waals surface area contributed by atoms with Crippen LogP contribution in [0.1, 0.15) is 17.7 Å². The van der Waals surface area contributed by atoms with Crippen molar-refractivity contribution in [2.24, 2.45) is 0 Å². The van der Waals surface area contributed by atoms with Crippen LogP contribution >= 0.6 is 0 Å². The Morgan fingerprint density at radius 3 is 2.58 bits per heavy atom. The summed E-state index contributed by atoms with van der Waals surface area (Å²) in [5.74, 6) is -0.438. The van der Waals surface area contributed by atoms with Gasteiger partial charge in [0.05, 0.1) is 5.25 Å². The SMILES string of the molecule is CC(c1ccccc1F)S(=O)O. The summed E-state index contributed by atoms with van der Waals surface area (Å²) < 4.78 is 32.3. The maximum absolute atomic E-state index is 13.0. The van der Waals surface area contributed by atoms with Gasteiger partial charge in [-0.3, -0.25) is 0 Å². The Balaban J connectivity index is 3.02. The third-order valence-corrected chi connectivity index (χ3v) is 2.50. The molecular weight excluding hydrogens is 179 g/mol. The highest BCUT2D eigenvalue weighted by molar-refractivity contribution is 7.79. The maximum Gasteiger partial charge on any atom is 0.160 e. The van der Waals surface area contributed by atoms with Crippen LogP contribution in [0.5, 0.6) is 0 Å². The minimum atomic E-state index is -2.01. The van der Waals surface area contributed by atoms with Crippen molar-refractivity contribution in [3.63, 3.8) is 0 Å². The van der Waals surface area contributed by atoms with Crippen molar-refractivity contribution in [1.82, 2.24) is 0 Å². The molecule has 12 heavy (non-hydrogen) atoms. The van der Waals surface area contributed by atoms with E-state index in [9.17, 15) is 8.60 Å². The number of hydrogen-bond donors (Lipinski definition) is 1. The zero-order valence-electron chi connectivity index (χ0n) is 6.53. The molecule has 1 aromatic carbocycles. The second-order valence-corrected chi connectivity index (χ2v) is 3.70. The molecule has 0 aliphatic rings. The summed E-state index contributed by atoms with van der Waals surface area (Å²) in [4.78, 5) is 0. The van der Waals surface area contributed by atoms with Crippen molar-refractivity contribution >= 4 is 11.1 Å². The van der Waals surface area contributed by atoms with Gasteiger partial charge in [0, 0.05) is 5.56 Å². The number of benzene rings is 1. The molecule has 1 N–H and O–H groups in total. The predicted molar refractivity (Wildman–Crippen MR) is 45.6 cm³/mol. The molecule has 0 aromatic heterocycles. The molecule has 2 nitrogen and oxygen atoms in total. The van der Waals surface area contributed by atoms with Crippen LogP contribution in [0.15, 0.2) is 24.3 Å². The van der Waals surface area contributed by atoms with Crippen LogP contribution in [0.3, 0.4) is 0 Å². The largest absolute Gasteiger partial charge is 0.306 e. The lowest BCUT2D eigenvalue weighted by Gasteiger charge is -2.07. The second-order valence-electron chi connectivity index (χ2n) is 2.44. The molecule has 0 amide bonds. The van der Waals surface area contributed by atoms with E-state index in [1.54, 1.807) is 12.1 Å². The number of halogens is 1. The van der Waals surface area contributed by atoms with Gasteiger partial charge in [0.15, 0.2) is 11.1 Å².